The van der Waals surface area contributed by atoms with Gasteiger partial charge in [0, 0.05) is 28.8 Å². The summed E-state index contributed by atoms with van der Waals surface area (Å²) in [5.41, 5.74) is 6.97. The maximum absolute atomic E-state index is 13.1. The molecule has 0 spiro atoms. The smallest absolute Gasteiger partial charge is 0.291 e. The maximum atomic E-state index is 13.1. The molecule has 1 aliphatic rings. The topological polar surface area (TPSA) is 92.9 Å². The van der Waals surface area contributed by atoms with E-state index < -0.39 is 0 Å². The van der Waals surface area contributed by atoms with Gasteiger partial charge in [0.05, 0.1) is 5.71 Å². The number of amides is 2. The van der Waals surface area contributed by atoms with Crippen molar-refractivity contribution in [2.45, 2.75) is 33.1 Å². The van der Waals surface area contributed by atoms with Gasteiger partial charge in [0.15, 0.2) is 5.76 Å². The van der Waals surface area contributed by atoms with Gasteiger partial charge < -0.3 is 14.5 Å². The van der Waals surface area contributed by atoms with Crippen LogP contribution in [0.4, 0.5) is 5.69 Å². The fourth-order valence-electron chi connectivity index (χ4n) is 4.42. The number of hydrogen-bond donors (Lipinski definition) is 2. The van der Waals surface area contributed by atoms with Crippen LogP contribution in [0.3, 0.4) is 0 Å². The molecule has 0 aliphatic heterocycles. The van der Waals surface area contributed by atoms with Gasteiger partial charge in [-0.25, -0.2) is 5.43 Å². The van der Waals surface area contributed by atoms with Gasteiger partial charge >= 0.3 is 0 Å². The number of rotatable bonds is 6. The number of hydrogen-bond acceptors (Lipinski definition) is 5. The number of fused-ring (bicyclic) bond motifs is 1. The summed E-state index contributed by atoms with van der Waals surface area (Å²) in [6, 6.07) is 24.0. The van der Waals surface area contributed by atoms with E-state index in [1.165, 1.54) is 0 Å². The summed E-state index contributed by atoms with van der Waals surface area (Å²) in [6.45, 7) is 3.73. The lowest BCUT2D eigenvalue weighted by molar-refractivity contribution is 0.0952. The van der Waals surface area contributed by atoms with Crippen molar-refractivity contribution >= 4 is 23.2 Å². The summed E-state index contributed by atoms with van der Waals surface area (Å²) in [4.78, 5) is 25.7. The molecular weight excluding hydrogens is 466 g/mol. The molecule has 1 heterocycles. The molecule has 3 aromatic carbocycles. The molecule has 7 nitrogen and oxygen atoms in total. The highest BCUT2D eigenvalue weighted by Gasteiger charge is 2.28. The Bertz CT molecular complexity index is 1470. The van der Waals surface area contributed by atoms with Gasteiger partial charge in [-0.2, -0.15) is 5.10 Å². The van der Waals surface area contributed by atoms with E-state index in [1.807, 2.05) is 62.4 Å². The molecule has 0 saturated heterocycles. The predicted octanol–water partition coefficient (Wildman–Crippen LogP) is 6.41. The first-order valence-corrected chi connectivity index (χ1v) is 12.2. The second kappa shape index (κ2) is 10.5. The number of benzene rings is 3. The van der Waals surface area contributed by atoms with Crippen molar-refractivity contribution in [3.8, 4) is 11.5 Å². The molecule has 37 heavy (non-hydrogen) atoms. The van der Waals surface area contributed by atoms with Crippen molar-refractivity contribution in [1.82, 2.24) is 5.43 Å². The minimum absolute atomic E-state index is 0.245. The minimum Gasteiger partial charge on any atom is -0.457 e. The van der Waals surface area contributed by atoms with Crippen LogP contribution in [0.1, 0.15) is 56.2 Å². The third kappa shape index (κ3) is 5.30. The Morgan fingerprint density at radius 1 is 0.838 bits per heavy atom. The lowest BCUT2D eigenvalue weighted by atomic mass is 9.93. The van der Waals surface area contributed by atoms with Crippen molar-refractivity contribution < 1.29 is 18.7 Å². The first-order chi connectivity index (χ1) is 18.0. The summed E-state index contributed by atoms with van der Waals surface area (Å²) >= 11 is 0. The van der Waals surface area contributed by atoms with Crippen LogP contribution in [0.25, 0.3) is 0 Å². The van der Waals surface area contributed by atoms with Crippen LogP contribution < -0.4 is 15.5 Å². The first kappa shape index (κ1) is 24.1. The second-order valence-corrected chi connectivity index (χ2v) is 8.92. The molecule has 0 unspecified atom stereocenters. The van der Waals surface area contributed by atoms with Crippen LogP contribution in [-0.2, 0) is 6.42 Å². The normalized spacial score (nSPS) is 13.6. The van der Waals surface area contributed by atoms with Crippen LogP contribution >= 0.6 is 0 Å². The Kier molecular flexibility index (Phi) is 6.85. The van der Waals surface area contributed by atoms with E-state index in [-0.39, 0.29) is 17.6 Å². The zero-order chi connectivity index (χ0) is 25.8. The number of carbonyl (C=O) groups is 2. The van der Waals surface area contributed by atoms with Crippen molar-refractivity contribution in [3.63, 3.8) is 0 Å². The summed E-state index contributed by atoms with van der Waals surface area (Å²) in [5, 5.41) is 7.31. The summed E-state index contributed by atoms with van der Waals surface area (Å²) in [6.07, 6.45) is 2.22. The number of furan rings is 1. The number of ether oxygens (including phenoxy) is 1. The zero-order valence-electron chi connectivity index (χ0n) is 20.7. The van der Waals surface area contributed by atoms with E-state index in [9.17, 15) is 9.59 Å². The molecule has 0 fully saturated rings. The predicted molar refractivity (Wildman–Crippen MR) is 142 cm³/mol. The van der Waals surface area contributed by atoms with Gasteiger partial charge in [-0.15, -0.1) is 0 Å². The van der Waals surface area contributed by atoms with Gasteiger partial charge in [-0.3, -0.25) is 9.59 Å². The third-order valence-corrected chi connectivity index (χ3v) is 6.31. The molecule has 2 amide bonds. The molecule has 1 aromatic heterocycles. The quantitative estimate of drug-likeness (QED) is 0.304. The Labute approximate surface area is 215 Å². The highest BCUT2D eigenvalue weighted by atomic mass is 16.5. The molecule has 4 aromatic rings. The van der Waals surface area contributed by atoms with Crippen molar-refractivity contribution in [1.29, 1.82) is 0 Å². The average molecular weight is 494 g/mol. The van der Waals surface area contributed by atoms with Crippen LogP contribution in [0.5, 0.6) is 11.5 Å². The van der Waals surface area contributed by atoms with E-state index in [4.69, 9.17) is 9.15 Å². The van der Waals surface area contributed by atoms with Crippen molar-refractivity contribution in [3.05, 3.63) is 113 Å². The van der Waals surface area contributed by atoms with Gasteiger partial charge in [0.25, 0.3) is 11.8 Å². The number of para-hydroxylation sites is 1. The van der Waals surface area contributed by atoms with Crippen LogP contribution in [-0.4, -0.2) is 17.5 Å². The van der Waals surface area contributed by atoms with Gasteiger partial charge in [0.2, 0.25) is 0 Å². The Morgan fingerprint density at radius 2 is 1.54 bits per heavy atom. The van der Waals surface area contributed by atoms with Gasteiger partial charge in [-0.1, -0.05) is 36.4 Å². The van der Waals surface area contributed by atoms with E-state index in [0.29, 0.717) is 46.9 Å². The summed E-state index contributed by atoms with van der Waals surface area (Å²) in [7, 11) is 0. The summed E-state index contributed by atoms with van der Waals surface area (Å²) < 4.78 is 11.8. The van der Waals surface area contributed by atoms with Gasteiger partial charge in [-0.05, 0) is 74.7 Å². The maximum Gasteiger partial charge on any atom is 0.291 e. The SMILES string of the molecule is Cc1ccccc1C(=O)N/N=C1\CCCc2oc(C(=O)Nc3ccc(Oc4ccccc4)cc3)c(C)c21. The zero-order valence-corrected chi connectivity index (χ0v) is 20.7. The first-order valence-electron chi connectivity index (χ1n) is 12.2. The number of aryl methyl sites for hydroxylation is 2. The Hall–Kier alpha value is -4.65. The fourth-order valence-corrected chi connectivity index (χ4v) is 4.42. The number of nitrogens with zero attached hydrogens (tertiary/aromatic N) is 1. The molecule has 1 aliphatic carbocycles. The highest BCUT2D eigenvalue weighted by Crippen LogP contribution is 2.31. The third-order valence-electron chi connectivity index (χ3n) is 6.31. The average Bonchev–Trinajstić information content (AvgIpc) is 3.26. The molecular formula is C30H27N3O4. The van der Waals surface area contributed by atoms with Crippen LogP contribution in [0.2, 0.25) is 0 Å². The molecule has 2 N–H and O–H groups in total. The van der Waals surface area contributed by atoms with Crippen molar-refractivity contribution in [2.75, 3.05) is 5.32 Å². The number of carbonyl (C=O) groups excluding carboxylic acids is 2. The highest BCUT2D eigenvalue weighted by molar-refractivity contribution is 6.09. The van der Waals surface area contributed by atoms with E-state index >= 15 is 0 Å². The molecule has 0 atom stereocenters. The lowest BCUT2D eigenvalue weighted by Gasteiger charge is -2.13. The van der Waals surface area contributed by atoms with Crippen molar-refractivity contribution in [2.24, 2.45) is 5.10 Å². The molecule has 0 radical (unpaired) electrons. The van der Waals surface area contributed by atoms with Gasteiger partial charge in [0.1, 0.15) is 17.3 Å². The van der Waals surface area contributed by atoms with Crippen LogP contribution in [0.15, 0.2) is 88.4 Å². The minimum atomic E-state index is -0.341. The fraction of sp³-hybridized carbons (Fsp3) is 0.167. The molecule has 0 saturated carbocycles. The molecule has 7 heteroatoms. The summed E-state index contributed by atoms with van der Waals surface area (Å²) in [5.74, 6) is 1.76. The number of hydrazone groups is 1. The largest absolute Gasteiger partial charge is 0.457 e. The number of nitrogens with one attached hydrogen (secondary N) is 2. The van der Waals surface area contributed by atoms with E-state index in [2.05, 4.69) is 15.8 Å². The van der Waals surface area contributed by atoms with Crippen LogP contribution in [0, 0.1) is 13.8 Å². The molecule has 0 bridgehead atoms. The second-order valence-electron chi connectivity index (χ2n) is 8.92. The lowest BCUT2D eigenvalue weighted by Crippen LogP contribution is -2.22. The standard InChI is InChI=1S/C30H27N3O4/c1-19-9-6-7-12-24(19)29(34)33-32-25-13-8-14-26-27(25)20(2)28(37-26)30(35)31-21-15-17-23(18-16-21)36-22-10-4-3-5-11-22/h3-7,9-12,15-18H,8,13-14H2,1-2H3,(H,31,35)(H,33,34)/b32-25+. The van der Waals surface area contributed by atoms with E-state index in [0.717, 1.165) is 23.3 Å². The Morgan fingerprint density at radius 3 is 2.30 bits per heavy atom. The molecule has 186 valence electrons. The molecule has 5 rings (SSSR count). The number of anilines is 1. The Balaban J connectivity index is 1.30. The van der Waals surface area contributed by atoms with E-state index in [1.54, 1.807) is 30.3 Å². The monoisotopic (exact) mass is 493 g/mol.